The Bertz CT molecular complexity index is 2300. The van der Waals surface area contributed by atoms with Crippen molar-refractivity contribution in [3.8, 4) is 22.5 Å². The van der Waals surface area contributed by atoms with Crippen molar-refractivity contribution in [2.45, 2.75) is 109 Å². The second-order valence-electron chi connectivity index (χ2n) is 17.6. The Balaban J connectivity index is 0.957. The number of nitrogens with zero attached hydrogens (tertiary/aromatic N) is 5. The number of aromatic amines is 1. The summed E-state index contributed by atoms with van der Waals surface area (Å²) < 4.78 is 10.8. The summed E-state index contributed by atoms with van der Waals surface area (Å²) >= 11 is 0. The van der Waals surface area contributed by atoms with Crippen LogP contribution in [-0.4, -0.2) is 90.6 Å². The lowest BCUT2D eigenvalue weighted by molar-refractivity contribution is -0.133. The minimum absolute atomic E-state index is 0.180. The van der Waals surface area contributed by atoms with E-state index in [9.17, 15) is 19.2 Å². The van der Waals surface area contributed by atoms with Crippen molar-refractivity contribution < 1.29 is 28.7 Å². The highest BCUT2D eigenvalue weighted by molar-refractivity contribution is 7.19. The monoisotopic (exact) mass is 846 g/mol. The molecule has 14 nitrogen and oxygen atoms in total. The van der Waals surface area contributed by atoms with Gasteiger partial charge in [-0.1, -0.05) is 60.7 Å². The number of aromatic nitrogens is 3. The third kappa shape index (κ3) is 10.5. The molecule has 61 heavy (non-hydrogen) atoms. The van der Waals surface area contributed by atoms with E-state index in [-0.39, 0.29) is 23.9 Å². The first-order valence-corrected chi connectivity index (χ1v) is 21.5. The Labute approximate surface area is 359 Å². The fourth-order valence-corrected chi connectivity index (χ4v) is 8.27. The number of benzene rings is 2. The molecule has 0 bridgehead atoms. The van der Waals surface area contributed by atoms with Crippen LogP contribution in [0.2, 0.25) is 0 Å². The van der Waals surface area contributed by atoms with E-state index in [1.807, 2.05) is 84.0 Å². The minimum Gasteiger partial charge on any atom is -0.444 e. The molecule has 4 aromatic rings. The summed E-state index contributed by atoms with van der Waals surface area (Å²) in [5.41, 5.74) is 5.78. The zero-order valence-electron chi connectivity index (χ0n) is 35.6. The number of hydrogen-bond acceptors (Lipinski definition) is 9. The number of amides is 4. The summed E-state index contributed by atoms with van der Waals surface area (Å²) in [6, 6.07) is 20.1. The molecular formula is C46H55N8O6P. The fourth-order valence-electron chi connectivity index (χ4n) is 7.95. The quantitative estimate of drug-likeness (QED) is 0.135. The number of nitrogens with one attached hydrogen (secondary N) is 3. The molecule has 2 aromatic carbocycles. The summed E-state index contributed by atoms with van der Waals surface area (Å²) in [5.74, 6) is -0.527. The number of carbonyl (C=O) groups is 4. The Hall–Kier alpha value is -5.88. The average Bonchev–Trinajstić information content (AvgIpc) is 4.05. The van der Waals surface area contributed by atoms with E-state index < -0.39 is 35.2 Å². The van der Waals surface area contributed by atoms with Crippen molar-refractivity contribution in [1.82, 2.24) is 35.4 Å². The van der Waals surface area contributed by atoms with E-state index in [0.29, 0.717) is 30.9 Å². The van der Waals surface area contributed by atoms with Crippen LogP contribution in [0.15, 0.2) is 90.3 Å². The number of allylic oxidation sites excluding steroid dienone is 1. The van der Waals surface area contributed by atoms with Gasteiger partial charge in [-0.2, -0.15) is 0 Å². The molecule has 3 aliphatic rings. The van der Waals surface area contributed by atoms with Gasteiger partial charge in [0.1, 0.15) is 28.9 Å². The predicted molar refractivity (Wildman–Crippen MR) is 237 cm³/mol. The molecule has 7 rings (SSSR count). The normalized spacial score (nSPS) is 18.9. The van der Waals surface area contributed by atoms with Crippen LogP contribution < -0.4 is 10.6 Å². The molecule has 3 aliphatic heterocycles. The number of aliphatic imine (C=N–C) groups is 1. The van der Waals surface area contributed by atoms with Crippen molar-refractivity contribution in [2.24, 2.45) is 4.99 Å². The maximum absolute atomic E-state index is 14.1. The summed E-state index contributed by atoms with van der Waals surface area (Å²) in [6.45, 7) is 11.8. The number of hydrogen-bond donors (Lipinski definition) is 3. The van der Waals surface area contributed by atoms with Crippen molar-refractivity contribution in [3.05, 3.63) is 102 Å². The highest BCUT2D eigenvalue weighted by Crippen LogP contribution is 2.35. The zero-order chi connectivity index (χ0) is 43.5. The molecule has 0 radical (unpaired) electrons. The van der Waals surface area contributed by atoms with Crippen molar-refractivity contribution in [2.75, 3.05) is 13.1 Å². The van der Waals surface area contributed by atoms with Crippen LogP contribution in [0.25, 0.3) is 28.1 Å². The van der Waals surface area contributed by atoms with E-state index >= 15 is 0 Å². The van der Waals surface area contributed by atoms with Crippen molar-refractivity contribution in [1.29, 1.82) is 0 Å². The molecule has 2 aromatic heterocycles. The minimum atomic E-state index is -0.889. The lowest BCUT2D eigenvalue weighted by Gasteiger charge is -2.30. The maximum Gasteiger partial charge on any atom is 0.408 e. The third-order valence-electron chi connectivity index (χ3n) is 10.7. The second-order valence-corrected chi connectivity index (χ2v) is 18.3. The Morgan fingerprint density at radius 1 is 0.738 bits per heavy atom. The van der Waals surface area contributed by atoms with Crippen LogP contribution in [0, 0.1) is 0 Å². The van der Waals surface area contributed by atoms with E-state index in [4.69, 9.17) is 19.5 Å². The first-order chi connectivity index (χ1) is 29.0. The van der Waals surface area contributed by atoms with Gasteiger partial charge in [0.05, 0.1) is 29.7 Å². The molecule has 5 heterocycles. The fraction of sp³-hybridized carbons (Fsp3) is 0.413. The van der Waals surface area contributed by atoms with E-state index in [1.54, 1.807) is 52.6 Å². The molecule has 0 aliphatic carbocycles. The number of alkyl carbamates (subject to hydrolysis) is 2. The summed E-state index contributed by atoms with van der Waals surface area (Å²) in [6.07, 6.45) is 8.04. The standard InChI is InChI=1S/C46H55N8O6P/c1-45(2,3)59-43(57)51-38(30-12-8-7-9-13-30)41(55)53-22-10-14-36(53)34-24-32(26-48-34)31-20-21-33(47-25-31)28-16-18-29(19-17-28)35-27-49-39(50-35)37-15-11-23-54(37)42(56)40(61)52-44(58)60-46(4,5)6/h7-9,12-13,16-21,25-27,36-38,40H,10-11,14-15,22-24,61H2,1-6H3,(H,49,50)(H,51,57)(H,52,58)/t36-,37-,38+,40+/m0/s1. The van der Waals surface area contributed by atoms with Gasteiger partial charge >= 0.3 is 12.2 Å². The molecule has 15 heteroatoms. The first-order valence-electron chi connectivity index (χ1n) is 20.8. The largest absolute Gasteiger partial charge is 0.444 e. The summed E-state index contributed by atoms with van der Waals surface area (Å²) in [5, 5.41) is 5.45. The Morgan fingerprint density at radius 2 is 1.34 bits per heavy atom. The zero-order valence-corrected chi connectivity index (χ0v) is 36.8. The maximum atomic E-state index is 14.1. The van der Waals surface area contributed by atoms with Crippen LogP contribution in [0.5, 0.6) is 0 Å². The van der Waals surface area contributed by atoms with Crippen molar-refractivity contribution in [3.63, 3.8) is 0 Å². The molecule has 0 saturated carbocycles. The summed E-state index contributed by atoms with van der Waals surface area (Å²) in [7, 11) is 2.40. The molecular weight excluding hydrogens is 792 g/mol. The van der Waals surface area contributed by atoms with E-state index in [0.717, 1.165) is 65.0 Å². The number of H-pyrrole nitrogens is 1. The van der Waals surface area contributed by atoms with Gasteiger partial charge in [0.25, 0.3) is 0 Å². The summed E-state index contributed by atoms with van der Waals surface area (Å²) in [4.78, 5) is 73.9. The molecule has 320 valence electrons. The lowest BCUT2D eigenvalue weighted by Crippen LogP contribution is -2.48. The number of imidazole rings is 1. The highest BCUT2D eigenvalue weighted by Gasteiger charge is 2.39. The average molecular weight is 847 g/mol. The van der Waals surface area contributed by atoms with Crippen LogP contribution in [-0.2, 0) is 19.1 Å². The van der Waals surface area contributed by atoms with Crippen molar-refractivity contribution >= 4 is 44.5 Å². The molecule has 4 amide bonds. The van der Waals surface area contributed by atoms with Crippen LogP contribution in [0.4, 0.5) is 9.59 Å². The van der Waals surface area contributed by atoms with Crippen LogP contribution >= 0.6 is 9.24 Å². The lowest BCUT2D eigenvalue weighted by atomic mass is 9.98. The SMILES string of the molecule is CC(C)(C)OC(=O)N[C@H](P)C(=O)N1CCC[C@H]1c1ncc(-c2ccc(-c3ccc(C4=CN=C([C@@H]5CCCN5C(=O)[C@H](NC(=O)OC(C)(C)C)c5ccccc5)C4)cn3)cc2)[nH]1. The number of carbonyl (C=O) groups excluding carboxylic acids is 4. The van der Waals surface area contributed by atoms with Crippen LogP contribution in [0.3, 0.4) is 0 Å². The number of ether oxygens (including phenoxy) is 2. The Kier molecular flexibility index (Phi) is 12.7. The number of rotatable bonds is 10. The second kappa shape index (κ2) is 18.0. The first kappa shape index (κ1) is 43.2. The van der Waals surface area contributed by atoms with Gasteiger partial charge in [0.2, 0.25) is 11.8 Å². The van der Waals surface area contributed by atoms with Gasteiger partial charge in [0.15, 0.2) is 0 Å². The Morgan fingerprint density at radius 3 is 1.98 bits per heavy atom. The topological polar surface area (TPSA) is 171 Å². The number of pyridine rings is 1. The predicted octanol–water partition coefficient (Wildman–Crippen LogP) is 7.97. The van der Waals surface area contributed by atoms with Gasteiger partial charge in [0, 0.05) is 43.2 Å². The molecule has 2 saturated heterocycles. The number of likely N-dealkylation sites (tertiary alicyclic amines) is 2. The van der Waals surface area contributed by atoms with Gasteiger partial charge in [-0.15, -0.1) is 9.24 Å². The highest BCUT2D eigenvalue weighted by atomic mass is 31.0. The molecule has 0 spiro atoms. The molecule has 3 N–H and O–H groups in total. The van der Waals surface area contributed by atoms with E-state index in [2.05, 4.69) is 29.8 Å². The molecule has 5 atom stereocenters. The van der Waals surface area contributed by atoms with E-state index in [1.165, 1.54) is 0 Å². The van der Waals surface area contributed by atoms with Gasteiger partial charge in [-0.3, -0.25) is 19.6 Å². The third-order valence-corrected chi connectivity index (χ3v) is 11.2. The van der Waals surface area contributed by atoms with Crippen LogP contribution in [0.1, 0.15) is 103 Å². The molecule has 2 fully saturated rings. The smallest absolute Gasteiger partial charge is 0.408 e. The van der Waals surface area contributed by atoms with Gasteiger partial charge in [-0.25, -0.2) is 14.6 Å². The van der Waals surface area contributed by atoms with Gasteiger partial charge in [-0.05, 0) is 95.6 Å². The van der Waals surface area contributed by atoms with Gasteiger partial charge < -0.3 is 34.9 Å². The molecule has 1 unspecified atom stereocenters.